The van der Waals surface area contributed by atoms with E-state index in [0.29, 0.717) is 10.0 Å². The van der Waals surface area contributed by atoms with E-state index in [9.17, 15) is 26.7 Å². The second-order valence-electron chi connectivity index (χ2n) is 10.2. The molecular weight excluding hydrogens is 593 g/mol. The molecule has 0 aliphatic carbocycles. The van der Waals surface area contributed by atoms with Crippen LogP contribution in [0.15, 0.2) is 58.3 Å². The number of carbonyl (C=O) groups excluding carboxylic acids is 1. The number of sulfone groups is 1. The number of sulfonamides is 1. The van der Waals surface area contributed by atoms with Gasteiger partial charge in [-0.05, 0) is 82.6 Å². The minimum absolute atomic E-state index is 0.0438. The zero-order valence-corrected chi connectivity index (χ0v) is 26.1. The van der Waals surface area contributed by atoms with Gasteiger partial charge >= 0.3 is 0 Å². The molecule has 0 amide bonds. The summed E-state index contributed by atoms with van der Waals surface area (Å²) in [5.41, 5.74) is 4.33. The van der Waals surface area contributed by atoms with Crippen molar-refractivity contribution >= 4 is 48.8 Å². The van der Waals surface area contributed by atoms with Crippen molar-refractivity contribution in [2.75, 3.05) is 12.8 Å². The van der Waals surface area contributed by atoms with Crippen molar-refractivity contribution in [3.63, 3.8) is 0 Å². The number of halogens is 2. The summed E-state index contributed by atoms with van der Waals surface area (Å²) in [4.78, 5) is 12.8. The topological polar surface area (TPSA) is 118 Å². The number of Topliss-reactive ketones (excluding diaryl/α,β-unsaturated/α-hetero) is 1. The molecule has 0 heterocycles. The minimum atomic E-state index is -4.17. The second-order valence-corrected chi connectivity index (χ2v) is 14.8. The van der Waals surface area contributed by atoms with Crippen molar-refractivity contribution in [2.45, 2.75) is 62.3 Å². The fourth-order valence-electron chi connectivity index (χ4n) is 4.60. The number of aliphatic hydroxyl groups excluding tert-OH is 1. The van der Waals surface area contributed by atoms with Gasteiger partial charge in [-0.15, -0.1) is 0 Å². The Labute approximate surface area is 246 Å². The van der Waals surface area contributed by atoms with E-state index in [2.05, 4.69) is 4.72 Å². The summed E-state index contributed by atoms with van der Waals surface area (Å²) in [5, 5.41) is 10.7. The van der Waals surface area contributed by atoms with Gasteiger partial charge in [0.05, 0.1) is 26.4 Å². The average molecular weight is 627 g/mol. The standard InChI is InChI=1S/C29H33Cl2NO6S2/c1-17(2)24-11-20(19-6-8-27(30)28(31)13-19)12-25(18(3)4)26(24)14-22(34)16-39(35,36)29-9-7-23(10-21(29)15-33)40(37,38)32-5/h6-13,17-18,32-33H,14-16H2,1-5H3. The number of hydrogen-bond acceptors (Lipinski definition) is 6. The Morgan fingerprint density at radius 2 is 1.45 bits per heavy atom. The third-order valence-corrected chi connectivity index (χ3v) is 10.6. The van der Waals surface area contributed by atoms with E-state index in [4.69, 9.17) is 23.2 Å². The first-order chi connectivity index (χ1) is 18.6. The largest absolute Gasteiger partial charge is 0.392 e. The quantitative estimate of drug-likeness (QED) is 0.274. The van der Waals surface area contributed by atoms with E-state index in [1.165, 1.54) is 7.05 Å². The number of rotatable bonds is 11. The van der Waals surface area contributed by atoms with Crippen LogP contribution in [-0.2, 0) is 37.7 Å². The van der Waals surface area contributed by atoms with E-state index in [-0.39, 0.29) is 33.6 Å². The Morgan fingerprint density at radius 1 is 0.850 bits per heavy atom. The number of ketones is 1. The molecule has 0 radical (unpaired) electrons. The van der Waals surface area contributed by atoms with Gasteiger partial charge in [0.1, 0.15) is 5.75 Å². The third-order valence-electron chi connectivity index (χ3n) is 6.66. The lowest BCUT2D eigenvalue weighted by molar-refractivity contribution is -0.116. The Balaban J connectivity index is 2.01. The number of carbonyl (C=O) groups is 1. The SMILES string of the molecule is CNS(=O)(=O)c1ccc(S(=O)(=O)CC(=O)Cc2c(C(C)C)cc(-c3ccc(Cl)c(Cl)c3)cc2C(C)C)c(CO)c1. The summed E-state index contributed by atoms with van der Waals surface area (Å²) in [6.07, 6.45) is -0.0947. The Morgan fingerprint density at radius 3 is 1.95 bits per heavy atom. The molecule has 11 heteroatoms. The fourth-order valence-corrected chi connectivity index (χ4v) is 7.16. The maximum atomic E-state index is 13.3. The van der Waals surface area contributed by atoms with Crippen molar-refractivity contribution in [1.82, 2.24) is 4.72 Å². The fraction of sp³-hybridized carbons (Fsp3) is 0.345. The smallest absolute Gasteiger partial charge is 0.240 e. The highest BCUT2D eigenvalue weighted by atomic mass is 35.5. The molecule has 2 N–H and O–H groups in total. The van der Waals surface area contributed by atoms with Crippen LogP contribution in [0.2, 0.25) is 10.0 Å². The van der Waals surface area contributed by atoms with Crippen LogP contribution in [0.25, 0.3) is 11.1 Å². The predicted octanol–water partition coefficient (Wildman–Crippen LogP) is 5.89. The normalized spacial score (nSPS) is 12.3. The number of hydrogen-bond donors (Lipinski definition) is 2. The van der Waals surface area contributed by atoms with Gasteiger partial charge < -0.3 is 5.11 Å². The molecule has 216 valence electrons. The van der Waals surface area contributed by atoms with Gasteiger partial charge in [0.2, 0.25) is 10.0 Å². The van der Waals surface area contributed by atoms with Crippen LogP contribution < -0.4 is 4.72 Å². The molecule has 0 aliphatic heterocycles. The number of aliphatic hydroxyl groups is 1. The molecule has 3 rings (SSSR count). The summed E-state index contributed by atoms with van der Waals surface area (Å²) in [6, 6.07) is 12.7. The summed E-state index contributed by atoms with van der Waals surface area (Å²) in [5.74, 6) is -1.21. The van der Waals surface area contributed by atoms with E-state index in [0.717, 1.165) is 46.0 Å². The summed E-state index contributed by atoms with van der Waals surface area (Å²) in [7, 11) is -6.79. The molecule has 0 aromatic heterocycles. The van der Waals surface area contributed by atoms with Crippen molar-refractivity contribution in [3.8, 4) is 11.1 Å². The lowest BCUT2D eigenvalue weighted by Crippen LogP contribution is -2.22. The minimum Gasteiger partial charge on any atom is -0.392 e. The van der Waals surface area contributed by atoms with E-state index >= 15 is 0 Å². The highest BCUT2D eigenvalue weighted by molar-refractivity contribution is 7.92. The molecule has 0 bridgehead atoms. The number of nitrogens with one attached hydrogen (secondary N) is 1. The van der Waals surface area contributed by atoms with Crippen LogP contribution in [0.1, 0.15) is 61.8 Å². The van der Waals surface area contributed by atoms with Gasteiger partial charge in [-0.25, -0.2) is 21.6 Å². The number of benzene rings is 3. The predicted molar refractivity (Wildman–Crippen MR) is 159 cm³/mol. The molecule has 0 saturated heterocycles. The van der Waals surface area contributed by atoms with Crippen LogP contribution in [0.4, 0.5) is 0 Å². The van der Waals surface area contributed by atoms with Crippen molar-refractivity contribution in [2.24, 2.45) is 0 Å². The molecule has 0 spiro atoms. The van der Waals surface area contributed by atoms with Gasteiger partial charge in [0, 0.05) is 6.42 Å². The third kappa shape index (κ3) is 7.13. The van der Waals surface area contributed by atoms with Crippen LogP contribution >= 0.6 is 23.2 Å². The molecule has 0 unspecified atom stereocenters. The van der Waals surface area contributed by atoms with Crippen LogP contribution in [-0.4, -0.2) is 40.5 Å². The van der Waals surface area contributed by atoms with Crippen molar-refractivity contribution in [1.29, 1.82) is 0 Å². The van der Waals surface area contributed by atoms with Crippen LogP contribution in [0.5, 0.6) is 0 Å². The van der Waals surface area contributed by atoms with Gasteiger partial charge in [-0.3, -0.25) is 4.79 Å². The summed E-state index contributed by atoms with van der Waals surface area (Å²) < 4.78 is 52.9. The molecular formula is C29H33Cl2NO6S2. The first-order valence-corrected chi connectivity index (χ1v) is 16.5. The maximum Gasteiger partial charge on any atom is 0.240 e. The molecule has 0 saturated carbocycles. The Kier molecular flexibility index (Phi) is 10.2. The molecule has 0 aliphatic rings. The van der Waals surface area contributed by atoms with Crippen molar-refractivity contribution in [3.05, 3.63) is 80.8 Å². The zero-order valence-electron chi connectivity index (χ0n) is 23.0. The molecule has 0 atom stereocenters. The second kappa shape index (κ2) is 12.7. The Bertz CT molecular complexity index is 1620. The lowest BCUT2D eigenvalue weighted by Gasteiger charge is -2.22. The molecule has 3 aromatic rings. The van der Waals surface area contributed by atoms with Gasteiger partial charge in [-0.2, -0.15) is 0 Å². The van der Waals surface area contributed by atoms with Crippen LogP contribution in [0.3, 0.4) is 0 Å². The summed E-state index contributed by atoms with van der Waals surface area (Å²) in [6.45, 7) is 7.34. The maximum absolute atomic E-state index is 13.3. The molecule has 3 aromatic carbocycles. The van der Waals surface area contributed by atoms with Crippen molar-refractivity contribution < 1.29 is 26.7 Å². The first kappa shape index (κ1) is 32.2. The Hall–Kier alpha value is -2.27. The van der Waals surface area contributed by atoms with Gasteiger partial charge in [0.25, 0.3) is 0 Å². The molecule has 0 fully saturated rings. The van der Waals surface area contributed by atoms with E-state index in [1.54, 1.807) is 12.1 Å². The van der Waals surface area contributed by atoms with E-state index < -0.39 is 38.0 Å². The summed E-state index contributed by atoms with van der Waals surface area (Å²) >= 11 is 12.4. The van der Waals surface area contributed by atoms with Crippen LogP contribution in [0, 0.1) is 0 Å². The monoisotopic (exact) mass is 625 g/mol. The highest BCUT2D eigenvalue weighted by Gasteiger charge is 2.26. The highest BCUT2D eigenvalue weighted by Crippen LogP contribution is 2.36. The molecule has 40 heavy (non-hydrogen) atoms. The lowest BCUT2D eigenvalue weighted by atomic mass is 9.83. The first-order valence-electron chi connectivity index (χ1n) is 12.6. The van der Waals surface area contributed by atoms with Gasteiger partial charge in [-0.1, -0.05) is 69.1 Å². The average Bonchev–Trinajstić information content (AvgIpc) is 2.89. The zero-order chi connectivity index (χ0) is 30.0. The van der Waals surface area contributed by atoms with Gasteiger partial charge in [0.15, 0.2) is 15.6 Å². The molecule has 7 nitrogen and oxygen atoms in total. The van der Waals surface area contributed by atoms with E-state index in [1.807, 2.05) is 45.9 Å².